The van der Waals surface area contributed by atoms with Crippen molar-refractivity contribution in [1.82, 2.24) is 30.2 Å². The molecule has 294 valence electrons. The van der Waals surface area contributed by atoms with Crippen LogP contribution in [0.25, 0.3) is 17.0 Å². The summed E-state index contributed by atoms with van der Waals surface area (Å²) in [6, 6.07) is 11.6. The number of piperidine rings is 3. The molecule has 0 spiro atoms. The molecular formula is C43H52N8O5. The number of H-pyrrole nitrogens is 1. The number of carbonyl (C=O) groups excluding carboxylic acids is 4. The Morgan fingerprint density at radius 3 is 2.41 bits per heavy atom. The molecular weight excluding hydrogens is 709 g/mol. The van der Waals surface area contributed by atoms with Gasteiger partial charge in [-0.2, -0.15) is 10.2 Å². The second-order valence-corrected chi connectivity index (χ2v) is 16.0. The molecule has 4 aliphatic heterocycles. The fraction of sp³-hybridized carbons (Fsp3) is 0.512. The van der Waals surface area contributed by atoms with Gasteiger partial charge in [-0.15, -0.1) is 5.10 Å². The van der Waals surface area contributed by atoms with Crippen LogP contribution in [0.2, 0.25) is 0 Å². The van der Waals surface area contributed by atoms with Crippen LogP contribution in [-0.4, -0.2) is 118 Å². The molecule has 5 heterocycles. The summed E-state index contributed by atoms with van der Waals surface area (Å²) in [6.45, 7) is 8.36. The second kappa shape index (κ2) is 16.5. The van der Waals surface area contributed by atoms with Gasteiger partial charge in [0, 0.05) is 62.8 Å². The molecule has 0 bridgehead atoms. The van der Waals surface area contributed by atoms with Crippen molar-refractivity contribution in [3.05, 3.63) is 70.4 Å². The number of fused-ring (bicyclic) bond motifs is 2. The zero-order valence-corrected chi connectivity index (χ0v) is 32.5. The Kier molecular flexibility index (Phi) is 11.1. The number of ketones is 1. The van der Waals surface area contributed by atoms with Crippen LogP contribution in [0.3, 0.4) is 0 Å². The Hall–Kier alpha value is -5.17. The molecule has 2 aromatic carbocycles. The van der Waals surface area contributed by atoms with Gasteiger partial charge in [0.15, 0.2) is 11.5 Å². The third kappa shape index (κ3) is 8.05. The summed E-state index contributed by atoms with van der Waals surface area (Å²) in [5.41, 5.74) is 7.41. The first kappa shape index (κ1) is 37.7. The van der Waals surface area contributed by atoms with Gasteiger partial charge in [0.2, 0.25) is 5.91 Å². The molecule has 3 fully saturated rings. The van der Waals surface area contributed by atoms with Crippen molar-refractivity contribution in [1.29, 1.82) is 0 Å². The molecule has 1 aliphatic carbocycles. The lowest BCUT2D eigenvalue weighted by Gasteiger charge is -2.42. The van der Waals surface area contributed by atoms with Crippen molar-refractivity contribution in [3.8, 4) is 0 Å². The highest BCUT2D eigenvalue weighted by Gasteiger charge is 2.36. The molecule has 0 unspecified atom stereocenters. The number of rotatable bonds is 9. The number of esters is 1. The third-order valence-corrected chi connectivity index (χ3v) is 12.6. The topological polar surface area (TPSA) is 153 Å². The Labute approximate surface area is 327 Å². The van der Waals surface area contributed by atoms with E-state index < -0.39 is 6.04 Å². The molecule has 56 heavy (non-hydrogen) atoms. The zero-order valence-electron chi connectivity index (χ0n) is 32.5. The molecule has 8 rings (SSSR count). The normalized spacial score (nSPS) is 20.7. The van der Waals surface area contributed by atoms with Gasteiger partial charge in [-0.3, -0.25) is 14.7 Å². The highest BCUT2D eigenvalue weighted by Crippen LogP contribution is 2.33. The predicted molar refractivity (Wildman–Crippen MR) is 214 cm³/mol. The van der Waals surface area contributed by atoms with Crippen molar-refractivity contribution >= 4 is 52.1 Å². The summed E-state index contributed by atoms with van der Waals surface area (Å²) in [5, 5.41) is 19.9. The van der Waals surface area contributed by atoms with Crippen molar-refractivity contribution in [2.24, 2.45) is 22.0 Å². The summed E-state index contributed by atoms with van der Waals surface area (Å²) in [4.78, 5) is 59.7. The standard InChI is InChI=1S/C43H52N8O5/c1-3-56-42(54)38-25-36(46-47-38)30-10-14-49(15-11-30)34-12-18-50(19-13-34)41(53)37(22-28-20-27(2)40-33(21-28)26-44-48-40)45-43(55)51-16-8-29(9-17-51)35-23-31-6-4-5-7-32(31)24-39(35)52/h4-7,20-21,23,26,29-30,34,37H,3,8-19,22,24-25H2,1-2H3,(H,44,48)(H,45,55)/t37-/m1/s1. The number of aromatic amines is 1. The molecule has 1 atom stereocenters. The molecule has 1 aromatic heterocycles. The molecule has 3 amide bonds. The number of nitrogens with zero attached hydrogens (tertiary/aromatic N) is 6. The number of ether oxygens (including phenoxy) is 1. The van der Waals surface area contributed by atoms with Crippen LogP contribution < -0.4 is 5.32 Å². The van der Waals surface area contributed by atoms with E-state index >= 15 is 0 Å². The van der Waals surface area contributed by atoms with Crippen LogP contribution in [0.5, 0.6) is 0 Å². The first-order valence-electron chi connectivity index (χ1n) is 20.4. The fourth-order valence-corrected chi connectivity index (χ4v) is 9.39. The number of aryl methyl sites for hydroxylation is 1. The van der Waals surface area contributed by atoms with E-state index in [9.17, 15) is 19.2 Å². The number of urea groups is 1. The highest BCUT2D eigenvalue weighted by atomic mass is 16.5. The van der Waals surface area contributed by atoms with Crippen LogP contribution in [0.15, 0.2) is 58.4 Å². The summed E-state index contributed by atoms with van der Waals surface area (Å²) in [6.07, 6.45) is 10.2. The minimum absolute atomic E-state index is 0.0522. The van der Waals surface area contributed by atoms with Gasteiger partial charge in [0.05, 0.1) is 24.0 Å². The Morgan fingerprint density at radius 1 is 0.911 bits per heavy atom. The molecule has 0 saturated carbocycles. The van der Waals surface area contributed by atoms with Crippen molar-refractivity contribution in [2.45, 2.75) is 83.7 Å². The molecule has 0 radical (unpaired) electrons. The minimum atomic E-state index is -0.718. The van der Waals surface area contributed by atoms with E-state index in [0.29, 0.717) is 82.6 Å². The number of likely N-dealkylation sites (tertiary alicyclic amines) is 3. The maximum Gasteiger partial charge on any atom is 0.354 e. The summed E-state index contributed by atoms with van der Waals surface area (Å²) >= 11 is 0. The number of nitrogens with one attached hydrogen (secondary N) is 2. The van der Waals surface area contributed by atoms with Gasteiger partial charge < -0.3 is 24.8 Å². The lowest BCUT2D eigenvalue weighted by atomic mass is 9.80. The lowest BCUT2D eigenvalue weighted by Crippen LogP contribution is -2.56. The van der Waals surface area contributed by atoms with E-state index in [1.807, 2.05) is 42.2 Å². The number of allylic oxidation sites excluding steroid dienone is 1. The Morgan fingerprint density at radius 2 is 1.64 bits per heavy atom. The number of carbonyl (C=O) groups is 4. The molecule has 13 nitrogen and oxygen atoms in total. The van der Waals surface area contributed by atoms with Crippen molar-refractivity contribution in [3.63, 3.8) is 0 Å². The van der Waals surface area contributed by atoms with Gasteiger partial charge in [-0.1, -0.05) is 30.3 Å². The van der Waals surface area contributed by atoms with Gasteiger partial charge in [0.1, 0.15) is 6.04 Å². The lowest BCUT2D eigenvalue weighted by molar-refractivity contribution is -0.135. The van der Waals surface area contributed by atoms with Crippen molar-refractivity contribution in [2.75, 3.05) is 45.9 Å². The molecule has 3 aromatic rings. The molecule has 5 aliphatic rings. The third-order valence-electron chi connectivity index (χ3n) is 12.6. The van der Waals surface area contributed by atoms with Gasteiger partial charge in [0.25, 0.3) is 0 Å². The summed E-state index contributed by atoms with van der Waals surface area (Å²) in [5.74, 6) is 0.176. The average Bonchev–Trinajstić information content (AvgIpc) is 3.92. The largest absolute Gasteiger partial charge is 0.461 e. The first-order chi connectivity index (χ1) is 27.2. The zero-order chi connectivity index (χ0) is 38.8. The molecule has 13 heteroatoms. The van der Waals surface area contributed by atoms with E-state index in [-0.39, 0.29) is 29.6 Å². The summed E-state index contributed by atoms with van der Waals surface area (Å²) in [7, 11) is 0. The van der Waals surface area contributed by atoms with E-state index in [1.54, 1.807) is 18.0 Å². The van der Waals surface area contributed by atoms with Crippen LogP contribution in [0.4, 0.5) is 4.79 Å². The first-order valence-corrected chi connectivity index (χ1v) is 20.4. The van der Waals surface area contributed by atoms with Gasteiger partial charge in [-0.25, -0.2) is 9.59 Å². The number of aromatic nitrogens is 2. The number of Topliss-reactive ketones (excluding diaryl/α,β-unsaturated/α-hetero) is 1. The van der Waals surface area contributed by atoms with Crippen molar-refractivity contribution < 1.29 is 23.9 Å². The van der Waals surface area contributed by atoms with Crippen LogP contribution in [0, 0.1) is 18.8 Å². The second-order valence-electron chi connectivity index (χ2n) is 16.0. The number of hydrogen-bond donors (Lipinski definition) is 2. The number of benzene rings is 2. The predicted octanol–water partition coefficient (Wildman–Crippen LogP) is 4.88. The van der Waals surface area contributed by atoms with Crippen LogP contribution >= 0.6 is 0 Å². The van der Waals surface area contributed by atoms with Crippen LogP contribution in [-0.2, 0) is 32.0 Å². The van der Waals surface area contributed by atoms with E-state index in [0.717, 1.165) is 83.2 Å². The monoisotopic (exact) mass is 760 g/mol. The van der Waals surface area contributed by atoms with E-state index in [2.05, 4.69) is 42.7 Å². The van der Waals surface area contributed by atoms with E-state index in [4.69, 9.17) is 4.74 Å². The average molecular weight is 761 g/mol. The van der Waals surface area contributed by atoms with Gasteiger partial charge in [-0.05, 0) is 111 Å². The minimum Gasteiger partial charge on any atom is -0.461 e. The summed E-state index contributed by atoms with van der Waals surface area (Å²) < 4.78 is 5.11. The number of hydrogen-bond acceptors (Lipinski definition) is 9. The fourth-order valence-electron chi connectivity index (χ4n) is 9.39. The maximum absolute atomic E-state index is 14.4. The number of amides is 3. The Balaban J connectivity index is 0.877. The smallest absolute Gasteiger partial charge is 0.354 e. The molecule has 3 saturated heterocycles. The quantitative estimate of drug-likeness (QED) is 0.295. The van der Waals surface area contributed by atoms with Gasteiger partial charge >= 0.3 is 12.0 Å². The highest BCUT2D eigenvalue weighted by molar-refractivity contribution is 6.41. The maximum atomic E-state index is 14.4. The molecule has 2 N–H and O–H groups in total. The Bertz CT molecular complexity index is 2080. The van der Waals surface area contributed by atoms with Crippen LogP contribution in [0.1, 0.15) is 74.1 Å². The SMILES string of the molecule is CCOC(=O)C1=NN=C(C2CCN(C3CCN(C(=O)[C@@H](Cc4cc(C)c5[nH]ncc5c4)NC(=O)N4CCC(C5=Cc6ccccc6CC5=O)CC4)CC3)CC2)C1. The van der Waals surface area contributed by atoms with E-state index in [1.165, 1.54) is 0 Å².